The molecule has 158 valence electrons. The maximum Gasteiger partial charge on any atom is 0.214 e. The Kier molecular flexibility index (Phi) is 5.28. The SMILES string of the molecule is Cc1ccc(C2(Cn3ccnc3)OCC(COc3ccc(-n4cccn4)cc3)O2)cc1. The minimum Gasteiger partial charge on any atom is -0.491 e. The minimum atomic E-state index is -0.869. The van der Waals surface area contributed by atoms with E-state index in [1.54, 1.807) is 18.7 Å². The molecular weight excluding hydrogens is 392 g/mol. The normalized spacial score (nSPS) is 20.7. The lowest BCUT2D eigenvalue weighted by Gasteiger charge is -2.29. The van der Waals surface area contributed by atoms with Crippen LogP contribution in [0.4, 0.5) is 0 Å². The number of ether oxygens (including phenoxy) is 3. The quantitative estimate of drug-likeness (QED) is 0.459. The van der Waals surface area contributed by atoms with Crippen LogP contribution in [0.3, 0.4) is 0 Å². The zero-order chi connectivity index (χ0) is 21.1. The molecule has 5 rings (SSSR count). The smallest absolute Gasteiger partial charge is 0.214 e. The molecule has 0 amide bonds. The summed E-state index contributed by atoms with van der Waals surface area (Å²) in [5, 5.41) is 4.24. The highest BCUT2D eigenvalue weighted by Gasteiger charge is 2.44. The highest BCUT2D eigenvalue weighted by atomic mass is 16.8. The van der Waals surface area contributed by atoms with E-state index in [1.807, 2.05) is 52.0 Å². The molecule has 2 aromatic heterocycles. The van der Waals surface area contributed by atoms with E-state index >= 15 is 0 Å². The maximum absolute atomic E-state index is 6.44. The van der Waals surface area contributed by atoms with Gasteiger partial charge in [0.15, 0.2) is 0 Å². The van der Waals surface area contributed by atoms with Crippen LogP contribution in [0, 0.1) is 6.92 Å². The molecule has 1 fully saturated rings. The van der Waals surface area contributed by atoms with Crippen molar-refractivity contribution in [2.24, 2.45) is 0 Å². The Balaban J connectivity index is 1.27. The Morgan fingerprint density at radius 2 is 1.90 bits per heavy atom. The highest BCUT2D eigenvalue weighted by molar-refractivity contribution is 5.36. The molecule has 0 N–H and O–H groups in total. The van der Waals surface area contributed by atoms with Crippen LogP contribution in [0.2, 0.25) is 0 Å². The van der Waals surface area contributed by atoms with Crippen LogP contribution in [-0.2, 0) is 21.8 Å². The lowest BCUT2D eigenvalue weighted by Crippen LogP contribution is -2.34. The molecule has 0 saturated carbocycles. The van der Waals surface area contributed by atoms with E-state index in [-0.39, 0.29) is 6.10 Å². The molecule has 7 nitrogen and oxygen atoms in total. The van der Waals surface area contributed by atoms with Crippen LogP contribution >= 0.6 is 0 Å². The fraction of sp³-hybridized carbons (Fsp3) is 0.250. The molecule has 0 radical (unpaired) electrons. The molecule has 0 spiro atoms. The summed E-state index contributed by atoms with van der Waals surface area (Å²) >= 11 is 0. The van der Waals surface area contributed by atoms with Gasteiger partial charge in [-0.15, -0.1) is 0 Å². The number of aryl methyl sites for hydroxylation is 1. The Morgan fingerprint density at radius 1 is 1.06 bits per heavy atom. The van der Waals surface area contributed by atoms with Crippen LogP contribution in [0.15, 0.2) is 85.7 Å². The third-order valence-electron chi connectivity index (χ3n) is 5.34. The first kappa shape index (κ1) is 19.5. The number of benzene rings is 2. The second kappa shape index (κ2) is 8.37. The van der Waals surface area contributed by atoms with Gasteiger partial charge in [-0.2, -0.15) is 5.10 Å². The first-order valence-corrected chi connectivity index (χ1v) is 10.3. The predicted molar refractivity (Wildman–Crippen MR) is 115 cm³/mol. The molecule has 2 unspecified atom stereocenters. The van der Waals surface area contributed by atoms with E-state index < -0.39 is 5.79 Å². The van der Waals surface area contributed by atoms with Gasteiger partial charge in [0, 0.05) is 30.4 Å². The first-order chi connectivity index (χ1) is 15.2. The van der Waals surface area contributed by atoms with E-state index in [2.05, 4.69) is 41.3 Å². The molecule has 1 saturated heterocycles. The molecule has 1 aliphatic heterocycles. The summed E-state index contributed by atoms with van der Waals surface area (Å²) in [6.07, 6.45) is 8.92. The molecule has 3 heterocycles. The van der Waals surface area contributed by atoms with Gasteiger partial charge in [-0.25, -0.2) is 9.67 Å². The number of rotatable bonds is 7. The molecule has 0 bridgehead atoms. The summed E-state index contributed by atoms with van der Waals surface area (Å²) in [5.74, 6) is -0.0891. The summed E-state index contributed by atoms with van der Waals surface area (Å²) < 4.78 is 22.5. The number of imidazole rings is 1. The number of nitrogens with zero attached hydrogens (tertiary/aromatic N) is 4. The van der Waals surface area contributed by atoms with Crippen LogP contribution < -0.4 is 4.74 Å². The fourth-order valence-electron chi connectivity index (χ4n) is 3.71. The van der Waals surface area contributed by atoms with Crippen molar-refractivity contribution in [1.29, 1.82) is 0 Å². The summed E-state index contributed by atoms with van der Waals surface area (Å²) in [7, 11) is 0. The molecule has 0 aliphatic carbocycles. The maximum atomic E-state index is 6.44. The van der Waals surface area contributed by atoms with Gasteiger partial charge < -0.3 is 18.8 Å². The Bertz CT molecular complexity index is 1090. The summed E-state index contributed by atoms with van der Waals surface area (Å²) in [6, 6.07) is 18.0. The third-order valence-corrected chi connectivity index (χ3v) is 5.34. The molecule has 7 heteroatoms. The van der Waals surface area contributed by atoms with Crippen molar-refractivity contribution in [3.8, 4) is 11.4 Å². The number of aromatic nitrogens is 4. The number of hydrogen-bond acceptors (Lipinski definition) is 5. The van der Waals surface area contributed by atoms with Crippen molar-refractivity contribution in [1.82, 2.24) is 19.3 Å². The lowest BCUT2D eigenvalue weighted by molar-refractivity contribution is -0.189. The second-order valence-corrected chi connectivity index (χ2v) is 7.66. The minimum absolute atomic E-state index is 0.185. The van der Waals surface area contributed by atoms with Crippen molar-refractivity contribution in [2.45, 2.75) is 25.4 Å². The van der Waals surface area contributed by atoms with Crippen LogP contribution in [-0.4, -0.2) is 38.6 Å². The Hall–Kier alpha value is -3.42. The Labute approximate surface area is 180 Å². The number of hydrogen-bond donors (Lipinski definition) is 0. The molecular formula is C24H24N4O3. The van der Waals surface area contributed by atoms with E-state index in [4.69, 9.17) is 14.2 Å². The predicted octanol–water partition coefficient (Wildman–Crippen LogP) is 3.72. The van der Waals surface area contributed by atoms with Gasteiger partial charge >= 0.3 is 0 Å². The monoisotopic (exact) mass is 416 g/mol. The van der Waals surface area contributed by atoms with E-state index in [9.17, 15) is 0 Å². The third kappa shape index (κ3) is 4.23. The van der Waals surface area contributed by atoms with Crippen molar-refractivity contribution >= 4 is 0 Å². The summed E-state index contributed by atoms with van der Waals surface area (Å²) in [5.41, 5.74) is 3.16. The van der Waals surface area contributed by atoms with Gasteiger partial charge in [-0.05, 0) is 37.3 Å². The first-order valence-electron chi connectivity index (χ1n) is 10.3. The molecule has 4 aromatic rings. The van der Waals surface area contributed by atoms with Gasteiger partial charge in [0.1, 0.15) is 18.5 Å². The van der Waals surface area contributed by atoms with Gasteiger partial charge in [0.2, 0.25) is 5.79 Å². The lowest BCUT2D eigenvalue weighted by atomic mass is 10.0. The molecule has 2 atom stereocenters. The Morgan fingerprint density at radius 3 is 2.61 bits per heavy atom. The van der Waals surface area contributed by atoms with Crippen LogP contribution in [0.5, 0.6) is 5.75 Å². The van der Waals surface area contributed by atoms with Gasteiger partial charge in [0.25, 0.3) is 0 Å². The van der Waals surface area contributed by atoms with Crippen molar-refractivity contribution in [2.75, 3.05) is 13.2 Å². The van der Waals surface area contributed by atoms with Crippen LogP contribution in [0.1, 0.15) is 11.1 Å². The molecule has 31 heavy (non-hydrogen) atoms. The van der Waals surface area contributed by atoms with Gasteiger partial charge in [0.05, 0.1) is 25.2 Å². The van der Waals surface area contributed by atoms with Crippen LogP contribution in [0.25, 0.3) is 5.69 Å². The van der Waals surface area contributed by atoms with E-state index in [0.717, 1.165) is 17.0 Å². The van der Waals surface area contributed by atoms with E-state index in [1.165, 1.54) is 5.56 Å². The summed E-state index contributed by atoms with van der Waals surface area (Å²) in [6.45, 7) is 3.44. The van der Waals surface area contributed by atoms with Crippen molar-refractivity contribution in [3.63, 3.8) is 0 Å². The largest absolute Gasteiger partial charge is 0.491 e. The fourth-order valence-corrected chi connectivity index (χ4v) is 3.71. The van der Waals surface area contributed by atoms with Gasteiger partial charge in [-0.1, -0.05) is 29.8 Å². The average Bonchev–Trinajstić information content (AvgIpc) is 3.57. The zero-order valence-electron chi connectivity index (χ0n) is 17.3. The molecule has 2 aromatic carbocycles. The second-order valence-electron chi connectivity index (χ2n) is 7.66. The molecule has 1 aliphatic rings. The van der Waals surface area contributed by atoms with Crippen molar-refractivity contribution in [3.05, 3.63) is 96.8 Å². The summed E-state index contributed by atoms with van der Waals surface area (Å²) in [4.78, 5) is 4.14. The van der Waals surface area contributed by atoms with Crippen molar-refractivity contribution < 1.29 is 14.2 Å². The zero-order valence-corrected chi connectivity index (χ0v) is 17.3. The van der Waals surface area contributed by atoms with E-state index in [0.29, 0.717) is 19.8 Å². The topological polar surface area (TPSA) is 63.3 Å². The highest BCUT2D eigenvalue weighted by Crippen LogP contribution is 2.36. The average molecular weight is 416 g/mol. The standard InChI is InChI=1S/C24H24N4O3/c1-19-3-5-20(6-4-19)24(17-27-14-12-25-18-27)30-16-23(31-24)15-29-22-9-7-21(8-10-22)28-13-2-11-26-28/h2-14,18,23H,15-17H2,1H3. The van der Waals surface area contributed by atoms with Gasteiger partial charge in [-0.3, -0.25) is 0 Å².